The molecular weight excluding hydrogens is 462 g/mol. The number of ether oxygens (including phenoxy) is 1. The first-order valence-corrected chi connectivity index (χ1v) is 11.1. The highest BCUT2D eigenvalue weighted by atomic mass is 79.9. The van der Waals surface area contributed by atoms with Gasteiger partial charge in [0.1, 0.15) is 11.9 Å². The van der Waals surface area contributed by atoms with E-state index in [2.05, 4.69) is 49.6 Å². The molecule has 2 N–H and O–H groups in total. The first kappa shape index (κ1) is 21.7. The molecule has 1 aromatic heterocycles. The molecule has 0 saturated carbocycles. The summed E-state index contributed by atoms with van der Waals surface area (Å²) in [6.45, 7) is 2.26. The van der Waals surface area contributed by atoms with Gasteiger partial charge in [-0.3, -0.25) is 10.1 Å². The van der Waals surface area contributed by atoms with Crippen LogP contribution < -0.4 is 10.6 Å². The molecule has 1 aromatic carbocycles. The van der Waals surface area contributed by atoms with E-state index in [1.54, 1.807) is 25.4 Å². The Kier molecular flexibility index (Phi) is 6.54. The minimum atomic E-state index is -0.623. The Labute approximate surface area is 190 Å². The molecule has 1 fully saturated rings. The quantitative estimate of drug-likeness (QED) is 0.691. The van der Waals surface area contributed by atoms with Crippen LogP contribution in [-0.2, 0) is 22.5 Å². The first-order valence-electron chi connectivity index (χ1n) is 10.3. The van der Waals surface area contributed by atoms with Crippen molar-refractivity contribution in [3.05, 3.63) is 52.1 Å². The number of carbonyl (C=O) groups excluding carboxylic acids is 2. The van der Waals surface area contributed by atoms with Crippen LogP contribution in [0.4, 0.5) is 16.3 Å². The molecule has 0 radical (unpaired) electrons. The van der Waals surface area contributed by atoms with E-state index in [4.69, 9.17) is 4.74 Å². The summed E-state index contributed by atoms with van der Waals surface area (Å²) in [6, 6.07) is 8.53. The average Bonchev–Trinajstić information content (AvgIpc) is 3.20. The zero-order valence-electron chi connectivity index (χ0n) is 17.6. The largest absolute Gasteiger partial charge is 0.380 e. The maximum atomic E-state index is 13.1. The lowest BCUT2D eigenvalue weighted by atomic mass is 9.99. The van der Waals surface area contributed by atoms with Gasteiger partial charge in [-0.05, 0) is 64.8 Å². The number of methoxy groups -OCH3 is 1. The van der Waals surface area contributed by atoms with Crippen molar-refractivity contribution in [3.8, 4) is 0 Å². The van der Waals surface area contributed by atoms with Crippen LogP contribution in [-0.4, -0.2) is 66.1 Å². The lowest BCUT2D eigenvalue weighted by Gasteiger charge is -2.26. The summed E-state index contributed by atoms with van der Waals surface area (Å²) in [5, 5.41) is 5.76. The zero-order chi connectivity index (χ0) is 22.0. The molecule has 3 heterocycles. The second kappa shape index (κ2) is 9.33. The highest BCUT2D eigenvalue weighted by Gasteiger charge is 2.40. The SMILES string of the molecule is CO[C@@H]1C[C@H](C(=O)Nc2ccc3c(c2)CCN(C)C3)N(C(=O)Nc2ccc(Br)cn2)C1. The van der Waals surface area contributed by atoms with Crippen LogP contribution in [0.3, 0.4) is 0 Å². The van der Waals surface area contributed by atoms with E-state index in [1.165, 1.54) is 16.0 Å². The lowest BCUT2D eigenvalue weighted by molar-refractivity contribution is -0.119. The molecule has 4 rings (SSSR count). The lowest BCUT2D eigenvalue weighted by Crippen LogP contribution is -2.45. The number of hydrogen-bond donors (Lipinski definition) is 2. The number of anilines is 2. The van der Waals surface area contributed by atoms with Gasteiger partial charge in [0.15, 0.2) is 0 Å². The molecule has 1 saturated heterocycles. The predicted molar refractivity (Wildman–Crippen MR) is 122 cm³/mol. The van der Waals surface area contributed by atoms with Gasteiger partial charge in [-0.15, -0.1) is 0 Å². The Balaban J connectivity index is 1.46. The fourth-order valence-electron chi connectivity index (χ4n) is 4.07. The number of halogens is 1. The number of hydrogen-bond acceptors (Lipinski definition) is 5. The number of nitrogens with zero attached hydrogens (tertiary/aromatic N) is 3. The van der Waals surface area contributed by atoms with Crippen LogP contribution in [0.15, 0.2) is 41.0 Å². The minimum Gasteiger partial charge on any atom is -0.380 e. The van der Waals surface area contributed by atoms with Crippen molar-refractivity contribution < 1.29 is 14.3 Å². The van der Waals surface area contributed by atoms with E-state index < -0.39 is 6.04 Å². The summed E-state index contributed by atoms with van der Waals surface area (Å²) in [5.74, 6) is 0.208. The molecule has 3 amide bonds. The molecule has 9 heteroatoms. The van der Waals surface area contributed by atoms with E-state index in [0.29, 0.717) is 18.8 Å². The average molecular weight is 488 g/mol. The molecule has 164 valence electrons. The minimum absolute atomic E-state index is 0.196. The molecule has 0 bridgehead atoms. The normalized spacial score (nSPS) is 20.9. The van der Waals surface area contributed by atoms with E-state index >= 15 is 0 Å². The number of likely N-dealkylation sites (tertiary alicyclic amines) is 1. The fraction of sp³-hybridized carbons (Fsp3) is 0.409. The second-order valence-electron chi connectivity index (χ2n) is 8.01. The van der Waals surface area contributed by atoms with Crippen LogP contribution in [0, 0.1) is 0 Å². The van der Waals surface area contributed by atoms with Crippen molar-refractivity contribution >= 4 is 39.4 Å². The molecule has 2 atom stereocenters. The summed E-state index contributed by atoms with van der Waals surface area (Å²) >= 11 is 3.32. The standard InChI is InChI=1S/C22H26BrN5O3/c1-27-8-7-14-9-17(5-3-15(14)12-27)25-21(29)19-10-18(31-2)13-28(19)22(30)26-20-6-4-16(23)11-24-20/h3-6,9,11,18-19H,7-8,10,12-13H2,1-2H3,(H,25,29)(H,24,26,30)/t18-,19-/m1/s1. The summed E-state index contributed by atoms with van der Waals surface area (Å²) in [4.78, 5) is 33.9. The van der Waals surface area contributed by atoms with Crippen LogP contribution in [0.1, 0.15) is 17.5 Å². The molecule has 8 nitrogen and oxygen atoms in total. The summed E-state index contributed by atoms with van der Waals surface area (Å²) in [6.07, 6.45) is 2.81. The third-order valence-electron chi connectivity index (χ3n) is 5.80. The Bertz CT molecular complexity index is 968. The number of benzene rings is 1. The van der Waals surface area contributed by atoms with Gasteiger partial charge >= 0.3 is 6.03 Å². The highest BCUT2D eigenvalue weighted by molar-refractivity contribution is 9.10. The van der Waals surface area contributed by atoms with Crippen molar-refractivity contribution in [3.63, 3.8) is 0 Å². The third kappa shape index (κ3) is 5.06. The van der Waals surface area contributed by atoms with Crippen molar-refractivity contribution in [1.29, 1.82) is 0 Å². The summed E-state index contributed by atoms with van der Waals surface area (Å²) in [7, 11) is 3.70. The fourth-order valence-corrected chi connectivity index (χ4v) is 4.30. The number of fused-ring (bicyclic) bond motifs is 1. The van der Waals surface area contributed by atoms with Crippen LogP contribution in [0.5, 0.6) is 0 Å². The molecule has 0 aliphatic carbocycles. The van der Waals surface area contributed by atoms with Crippen LogP contribution in [0.2, 0.25) is 0 Å². The number of carbonyl (C=O) groups is 2. The number of rotatable bonds is 4. The Hall–Kier alpha value is -2.49. The maximum Gasteiger partial charge on any atom is 0.323 e. The third-order valence-corrected chi connectivity index (χ3v) is 6.27. The van der Waals surface area contributed by atoms with E-state index in [1.807, 2.05) is 12.1 Å². The molecule has 2 aromatic rings. The van der Waals surface area contributed by atoms with Crippen LogP contribution in [0.25, 0.3) is 0 Å². The van der Waals surface area contributed by atoms with Crippen molar-refractivity contribution in [2.45, 2.75) is 31.5 Å². The van der Waals surface area contributed by atoms with Gasteiger partial charge in [0.05, 0.1) is 6.10 Å². The molecule has 0 spiro atoms. The van der Waals surface area contributed by atoms with E-state index in [9.17, 15) is 9.59 Å². The molecule has 31 heavy (non-hydrogen) atoms. The van der Waals surface area contributed by atoms with Gasteiger partial charge in [-0.2, -0.15) is 0 Å². The van der Waals surface area contributed by atoms with Crippen molar-refractivity contribution in [2.24, 2.45) is 0 Å². The number of amides is 3. The van der Waals surface area contributed by atoms with Gasteiger partial charge in [0.25, 0.3) is 0 Å². The number of aromatic nitrogens is 1. The monoisotopic (exact) mass is 487 g/mol. The van der Waals surface area contributed by atoms with Gasteiger partial charge in [-0.1, -0.05) is 6.07 Å². The summed E-state index contributed by atoms with van der Waals surface area (Å²) < 4.78 is 6.26. The predicted octanol–water partition coefficient (Wildman–Crippen LogP) is 3.09. The maximum absolute atomic E-state index is 13.1. The van der Waals surface area contributed by atoms with Gasteiger partial charge in [0, 0.05) is 49.5 Å². The molecule has 2 aliphatic heterocycles. The Morgan fingerprint density at radius 2 is 2.03 bits per heavy atom. The van der Waals surface area contributed by atoms with Crippen molar-refractivity contribution in [1.82, 2.24) is 14.8 Å². The highest BCUT2D eigenvalue weighted by Crippen LogP contribution is 2.25. The van der Waals surface area contributed by atoms with E-state index in [-0.39, 0.29) is 18.0 Å². The van der Waals surface area contributed by atoms with E-state index in [0.717, 1.165) is 29.7 Å². The number of urea groups is 1. The van der Waals surface area contributed by atoms with Gasteiger partial charge in [-0.25, -0.2) is 9.78 Å². The zero-order valence-corrected chi connectivity index (χ0v) is 19.2. The number of likely N-dealkylation sites (N-methyl/N-ethyl adjacent to an activating group) is 1. The first-order chi connectivity index (χ1) is 14.9. The Morgan fingerprint density at radius 3 is 2.77 bits per heavy atom. The molecule has 0 unspecified atom stereocenters. The summed E-state index contributed by atoms with van der Waals surface area (Å²) in [5.41, 5.74) is 3.30. The molecule has 2 aliphatic rings. The van der Waals surface area contributed by atoms with Crippen LogP contribution >= 0.6 is 15.9 Å². The smallest absolute Gasteiger partial charge is 0.323 e. The number of pyridine rings is 1. The van der Waals surface area contributed by atoms with Gasteiger partial charge in [0.2, 0.25) is 5.91 Å². The Morgan fingerprint density at radius 1 is 1.19 bits per heavy atom. The topological polar surface area (TPSA) is 86.8 Å². The molecular formula is C22H26BrN5O3. The van der Waals surface area contributed by atoms with Crippen molar-refractivity contribution in [2.75, 3.05) is 37.9 Å². The van der Waals surface area contributed by atoms with Gasteiger partial charge < -0.3 is 19.9 Å². The second-order valence-corrected chi connectivity index (χ2v) is 8.93. The number of nitrogens with one attached hydrogen (secondary N) is 2.